The first-order chi connectivity index (χ1) is 7.58. The Labute approximate surface area is 106 Å². The zero-order valence-corrected chi connectivity index (χ0v) is 13.4. The van der Waals surface area contributed by atoms with E-state index in [0.29, 0.717) is 0 Å². The van der Waals surface area contributed by atoms with Gasteiger partial charge in [0.15, 0.2) is 0 Å². The van der Waals surface area contributed by atoms with E-state index in [-0.39, 0.29) is 0 Å². The molecule has 0 aromatic rings. The van der Waals surface area contributed by atoms with E-state index in [9.17, 15) is 0 Å². The molecule has 0 aliphatic rings. The second kappa shape index (κ2) is 29.3. The van der Waals surface area contributed by atoms with E-state index in [1.807, 2.05) is 27.7 Å². The molecule has 0 saturated heterocycles. The first kappa shape index (κ1) is 24.6. The van der Waals surface area contributed by atoms with Gasteiger partial charge in [0, 0.05) is 0 Å². The molecule has 0 aliphatic heterocycles. The SMILES string of the molecule is C=C(C)CC/C(C)=C\C.CC.CC.CCC. The standard InChI is InChI=1S/C9H16.C3H8.2C2H6/c1-5-9(4)7-6-8(2)3;1-3-2;2*1-2/h5H,2,6-7H2,1,3-4H3;3H2,1-2H3;2*1-2H3/b9-5-;;;. The zero-order chi connectivity index (χ0) is 14.0. The lowest BCUT2D eigenvalue weighted by molar-refractivity contribution is 0.926. The molecule has 100 valence electrons. The fourth-order valence-corrected chi connectivity index (χ4v) is 0.555. The van der Waals surface area contributed by atoms with E-state index in [2.05, 4.69) is 47.3 Å². The third kappa shape index (κ3) is 50.0. The quantitative estimate of drug-likeness (QED) is 0.467. The van der Waals surface area contributed by atoms with Crippen LogP contribution in [0.15, 0.2) is 23.8 Å². The molecule has 16 heavy (non-hydrogen) atoms. The normalized spacial score (nSPS) is 8.44. The highest BCUT2D eigenvalue weighted by Gasteiger charge is 1.87. The van der Waals surface area contributed by atoms with Gasteiger partial charge < -0.3 is 0 Å². The minimum absolute atomic E-state index is 1.14. The van der Waals surface area contributed by atoms with Gasteiger partial charge >= 0.3 is 0 Å². The first-order valence-electron chi connectivity index (χ1n) is 6.84. The van der Waals surface area contributed by atoms with Crippen molar-refractivity contribution in [2.45, 2.75) is 81.6 Å². The van der Waals surface area contributed by atoms with E-state index in [1.165, 1.54) is 24.0 Å². The Morgan fingerprint density at radius 3 is 1.44 bits per heavy atom. The van der Waals surface area contributed by atoms with Gasteiger partial charge in [0.05, 0.1) is 0 Å². The molecule has 0 spiro atoms. The summed E-state index contributed by atoms with van der Waals surface area (Å²) in [7, 11) is 0. The molecule has 0 fully saturated rings. The van der Waals surface area contributed by atoms with Crippen molar-refractivity contribution in [3.63, 3.8) is 0 Å². The summed E-state index contributed by atoms with van der Waals surface area (Å²) in [6.45, 7) is 22.4. The summed E-state index contributed by atoms with van der Waals surface area (Å²) >= 11 is 0. The van der Waals surface area contributed by atoms with Crippen molar-refractivity contribution < 1.29 is 0 Å². The minimum Gasteiger partial charge on any atom is -0.100 e. The Morgan fingerprint density at radius 2 is 1.25 bits per heavy atom. The largest absolute Gasteiger partial charge is 0.100 e. The van der Waals surface area contributed by atoms with Crippen LogP contribution in [0.25, 0.3) is 0 Å². The molecule has 0 N–H and O–H groups in total. The summed E-state index contributed by atoms with van der Waals surface area (Å²) in [6.07, 6.45) is 5.71. The van der Waals surface area contributed by atoms with E-state index >= 15 is 0 Å². The van der Waals surface area contributed by atoms with Crippen molar-refractivity contribution in [3.8, 4) is 0 Å². The van der Waals surface area contributed by atoms with Gasteiger partial charge in [0.1, 0.15) is 0 Å². The second-order valence-corrected chi connectivity index (χ2v) is 3.30. The van der Waals surface area contributed by atoms with Crippen LogP contribution in [0, 0.1) is 0 Å². The molecule has 0 rings (SSSR count). The van der Waals surface area contributed by atoms with Crippen LogP contribution in [0.2, 0.25) is 0 Å². The van der Waals surface area contributed by atoms with Crippen molar-refractivity contribution in [3.05, 3.63) is 23.8 Å². The Balaban J connectivity index is -0.0000000864. The van der Waals surface area contributed by atoms with Crippen molar-refractivity contribution in [2.75, 3.05) is 0 Å². The highest BCUT2D eigenvalue weighted by Crippen LogP contribution is 2.07. The lowest BCUT2D eigenvalue weighted by atomic mass is 10.1. The van der Waals surface area contributed by atoms with Gasteiger partial charge in [-0.2, -0.15) is 0 Å². The van der Waals surface area contributed by atoms with Gasteiger partial charge in [-0.3, -0.25) is 0 Å². The smallest absolute Gasteiger partial charge is 0.0286 e. The predicted octanol–water partition coefficient (Wildman–Crippen LogP) is 6.78. The van der Waals surface area contributed by atoms with Crippen LogP contribution in [0.1, 0.15) is 81.6 Å². The maximum atomic E-state index is 3.83. The number of hydrogen-bond acceptors (Lipinski definition) is 0. The number of rotatable bonds is 3. The third-order valence-corrected chi connectivity index (χ3v) is 1.44. The summed E-state index contributed by atoms with van der Waals surface area (Å²) in [5, 5.41) is 0. The van der Waals surface area contributed by atoms with Gasteiger partial charge in [0.25, 0.3) is 0 Å². The molecule has 0 nitrogen and oxygen atoms in total. The van der Waals surface area contributed by atoms with Gasteiger partial charge in [-0.1, -0.05) is 65.2 Å². The van der Waals surface area contributed by atoms with Crippen LogP contribution in [0.5, 0.6) is 0 Å². The van der Waals surface area contributed by atoms with Gasteiger partial charge in [-0.05, 0) is 33.6 Å². The molecular weight excluding hydrogens is 192 g/mol. The van der Waals surface area contributed by atoms with Crippen molar-refractivity contribution in [1.29, 1.82) is 0 Å². The average Bonchev–Trinajstić information content (AvgIpc) is 2.32. The predicted molar refractivity (Wildman–Crippen MR) is 82.1 cm³/mol. The van der Waals surface area contributed by atoms with Gasteiger partial charge in [-0.25, -0.2) is 0 Å². The molecule has 0 heteroatoms. The van der Waals surface area contributed by atoms with Crippen LogP contribution in [0.4, 0.5) is 0 Å². The second-order valence-electron chi connectivity index (χ2n) is 3.30. The summed E-state index contributed by atoms with van der Waals surface area (Å²) in [5.74, 6) is 0. The number of allylic oxidation sites excluding steroid dienone is 3. The lowest BCUT2D eigenvalue weighted by Crippen LogP contribution is -1.77. The fourth-order valence-electron chi connectivity index (χ4n) is 0.555. The maximum absolute atomic E-state index is 3.83. The summed E-state index contributed by atoms with van der Waals surface area (Å²) < 4.78 is 0. The van der Waals surface area contributed by atoms with Crippen LogP contribution in [-0.2, 0) is 0 Å². The molecule has 0 amide bonds. The van der Waals surface area contributed by atoms with Gasteiger partial charge in [-0.15, -0.1) is 6.58 Å². The van der Waals surface area contributed by atoms with Crippen LogP contribution < -0.4 is 0 Å². The van der Waals surface area contributed by atoms with E-state index in [0.717, 1.165) is 6.42 Å². The highest BCUT2D eigenvalue weighted by atomic mass is 13.9. The Morgan fingerprint density at radius 1 is 0.938 bits per heavy atom. The minimum atomic E-state index is 1.14. The molecule has 0 aromatic heterocycles. The molecule has 0 aliphatic carbocycles. The first-order valence-corrected chi connectivity index (χ1v) is 6.84. The molecule has 0 heterocycles. The molecule has 0 saturated carbocycles. The molecule has 0 unspecified atom stereocenters. The highest BCUT2D eigenvalue weighted by molar-refractivity contribution is 5.00. The van der Waals surface area contributed by atoms with Crippen LogP contribution in [-0.4, -0.2) is 0 Å². The Hall–Kier alpha value is -0.520. The summed E-state index contributed by atoms with van der Waals surface area (Å²) in [6, 6.07) is 0. The van der Waals surface area contributed by atoms with Gasteiger partial charge in [0.2, 0.25) is 0 Å². The summed E-state index contributed by atoms with van der Waals surface area (Å²) in [5.41, 5.74) is 2.73. The van der Waals surface area contributed by atoms with Crippen molar-refractivity contribution in [1.82, 2.24) is 0 Å². The monoisotopic (exact) mass is 228 g/mol. The Bertz CT molecular complexity index is 129. The van der Waals surface area contributed by atoms with Crippen molar-refractivity contribution in [2.24, 2.45) is 0 Å². The zero-order valence-electron chi connectivity index (χ0n) is 13.4. The third-order valence-electron chi connectivity index (χ3n) is 1.44. The maximum Gasteiger partial charge on any atom is -0.0286 e. The molecule has 0 bridgehead atoms. The van der Waals surface area contributed by atoms with Crippen molar-refractivity contribution >= 4 is 0 Å². The molecular formula is C16H36. The Kier molecular flexibility index (Phi) is 45.1. The molecule has 0 atom stereocenters. The fraction of sp³-hybridized carbons (Fsp3) is 0.750. The van der Waals surface area contributed by atoms with E-state index in [1.54, 1.807) is 0 Å². The average molecular weight is 228 g/mol. The molecule has 0 aromatic carbocycles. The topological polar surface area (TPSA) is 0 Å². The van der Waals surface area contributed by atoms with E-state index in [4.69, 9.17) is 0 Å². The van der Waals surface area contributed by atoms with Crippen LogP contribution >= 0.6 is 0 Å². The lowest BCUT2D eigenvalue weighted by Gasteiger charge is -1.97. The van der Waals surface area contributed by atoms with E-state index < -0.39 is 0 Å². The molecule has 0 radical (unpaired) electrons. The summed E-state index contributed by atoms with van der Waals surface area (Å²) in [4.78, 5) is 0. The van der Waals surface area contributed by atoms with Crippen LogP contribution in [0.3, 0.4) is 0 Å². The number of hydrogen-bond donors (Lipinski definition) is 0.